The highest BCUT2D eigenvalue weighted by molar-refractivity contribution is 6.01. The first kappa shape index (κ1) is 21.8. The molecular formula is C23H28N2O5. The molecule has 1 saturated heterocycles. The standard InChI is InChI=1S/C23H28N2O5/c1-15-5-7-19(8-6-15)25-13-18(12-22(25)27)23(28)30-14-21(26)20-11-16(2)24(17(20)3)9-10-29-4/h5-8,11,18H,9-10,12-14H2,1-4H3/t18-/m0/s1. The van der Waals surface area contributed by atoms with Crippen molar-refractivity contribution < 1.29 is 23.9 Å². The number of rotatable bonds is 8. The highest BCUT2D eigenvalue weighted by Crippen LogP contribution is 2.26. The summed E-state index contributed by atoms with van der Waals surface area (Å²) in [5.41, 5.74) is 4.18. The minimum absolute atomic E-state index is 0.0897. The van der Waals surface area contributed by atoms with Crippen molar-refractivity contribution in [3.8, 4) is 0 Å². The Morgan fingerprint density at radius 2 is 1.83 bits per heavy atom. The Labute approximate surface area is 176 Å². The van der Waals surface area contributed by atoms with Gasteiger partial charge in [-0.3, -0.25) is 14.4 Å². The fourth-order valence-electron chi connectivity index (χ4n) is 3.78. The lowest BCUT2D eigenvalue weighted by atomic mass is 10.1. The van der Waals surface area contributed by atoms with E-state index < -0.39 is 11.9 Å². The van der Waals surface area contributed by atoms with Crippen molar-refractivity contribution in [3.63, 3.8) is 0 Å². The highest BCUT2D eigenvalue weighted by Gasteiger charge is 2.36. The lowest BCUT2D eigenvalue weighted by molar-refractivity contribution is -0.147. The third kappa shape index (κ3) is 4.62. The minimum Gasteiger partial charge on any atom is -0.457 e. The Hall–Kier alpha value is -2.93. The molecule has 7 heteroatoms. The number of amides is 1. The summed E-state index contributed by atoms with van der Waals surface area (Å²) in [7, 11) is 1.63. The number of hydrogen-bond donors (Lipinski definition) is 0. The molecule has 1 aliphatic rings. The summed E-state index contributed by atoms with van der Waals surface area (Å²) in [5.74, 6) is -1.45. The molecule has 1 amide bonds. The summed E-state index contributed by atoms with van der Waals surface area (Å²) >= 11 is 0. The number of ketones is 1. The van der Waals surface area contributed by atoms with Crippen LogP contribution in [0.1, 0.15) is 33.7 Å². The van der Waals surface area contributed by atoms with Gasteiger partial charge in [0, 0.05) is 49.3 Å². The van der Waals surface area contributed by atoms with Crippen LogP contribution in [0.2, 0.25) is 0 Å². The van der Waals surface area contributed by atoms with Crippen molar-refractivity contribution in [2.24, 2.45) is 5.92 Å². The lowest BCUT2D eigenvalue weighted by Crippen LogP contribution is -2.27. The third-order valence-electron chi connectivity index (χ3n) is 5.54. The summed E-state index contributed by atoms with van der Waals surface area (Å²) in [4.78, 5) is 39.0. The van der Waals surface area contributed by atoms with Crippen LogP contribution in [0.5, 0.6) is 0 Å². The minimum atomic E-state index is -0.569. The zero-order valence-electron chi connectivity index (χ0n) is 17.9. The molecule has 0 saturated carbocycles. The van der Waals surface area contributed by atoms with Crippen molar-refractivity contribution in [1.82, 2.24) is 4.57 Å². The largest absolute Gasteiger partial charge is 0.457 e. The Kier molecular flexibility index (Phi) is 6.72. The van der Waals surface area contributed by atoms with E-state index in [2.05, 4.69) is 0 Å². The number of esters is 1. The van der Waals surface area contributed by atoms with Crippen molar-refractivity contribution in [1.29, 1.82) is 0 Å². The summed E-state index contributed by atoms with van der Waals surface area (Å²) in [6.07, 6.45) is 0.0897. The molecule has 0 N–H and O–H groups in total. The second-order valence-corrected chi connectivity index (χ2v) is 7.70. The van der Waals surface area contributed by atoms with Gasteiger partial charge in [-0.05, 0) is 39.0 Å². The molecule has 1 aliphatic heterocycles. The molecule has 0 radical (unpaired) electrons. The van der Waals surface area contributed by atoms with Gasteiger partial charge in [0.1, 0.15) is 0 Å². The van der Waals surface area contributed by atoms with E-state index in [1.165, 1.54) is 0 Å². The number of anilines is 1. The number of carbonyl (C=O) groups is 3. The molecular weight excluding hydrogens is 384 g/mol. The molecule has 1 aromatic carbocycles. The molecule has 30 heavy (non-hydrogen) atoms. The third-order valence-corrected chi connectivity index (χ3v) is 5.54. The topological polar surface area (TPSA) is 77.8 Å². The van der Waals surface area contributed by atoms with E-state index in [9.17, 15) is 14.4 Å². The predicted molar refractivity (Wildman–Crippen MR) is 113 cm³/mol. The van der Waals surface area contributed by atoms with Crippen LogP contribution >= 0.6 is 0 Å². The van der Waals surface area contributed by atoms with Crippen LogP contribution in [-0.2, 0) is 25.6 Å². The Bertz CT molecular complexity index is 945. The maximum absolute atomic E-state index is 12.6. The highest BCUT2D eigenvalue weighted by atomic mass is 16.5. The molecule has 1 atom stereocenters. The summed E-state index contributed by atoms with van der Waals surface area (Å²) in [5, 5.41) is 0. The molecule has 0 bridgehead atoms. The molecule has 2 heterocycles. The molecule has 1 fully saturated rings. The first-order valence-corrected chi connectivity index (χ1v) is 10.0. The number of benzene rings is 1. The van der Waals surface area contributed by atoms with Gasteiger partial charge < -0.3 is 18.9 Å². The van der Waals surface area contributed by atoms with E-state index in [1.54, 1.807) is 18.1 Å². The van der Waals surface area contributed by atoms with E-state index >= 15 is 0 Å². The summed E-state index contributed by atoms with van der Waals surface area (Å²) in [6, 6.07) is 9.39. The fraction of sp³-hybridized carbons (Fsp3) is 0.435. The second kappa shape index (κ2) is 9.26. The molecule has 1 aromatic heterocycles. The van der Waals surface area contributed by atoms with Crippen molar-refractivity contribution in [3.05, 3.63) is 52.8 Å². The average molecular weight is 412 g/mol. The van der Waals surface area contributed by atoms with E-state index in [0.29, 0.717) is 18.7 Å². The van der Waals surface area contributed by atoms with Gasteiger partial charge in [0.05, 0.1) is 12.5 Å². The summed E-state index contributed by atoms with van der Waals surface area (Å²) in [6.45, 7) is 6.90. The van der Waals surface area contributed by atoms with Gasteiger partial charge in [0.2, 0.25) is 11.7 Å². The monoisotopic (exact) mass is 412 g/mol. The van der Waals surface area contributed by atoms with Crippen LogP contribution in [0.3, 0.4) is 0 Å². The smallest absolute Gasteiger partial charge is 0.311 e. The van der Waals surface area contributed by atoms with E-state index in [0.717, 1.165) is 22.6 Å². The van der Waals surface area contributed by atoms with Crippen molar-refractivity contribution >= 4 is 23.3 Å². The maximum atomic E-state index is 12.6. The predicted octanol–water partition coefficient (Wildman–Crippen LogP) is 2.84. The first-order chi connectivity index (χ1) is 14.3. The van der Waals surface area contributed by atoms with Gasteiger partial charge >= 0.3 is 5.97 Å². The maximum Gasteiger partial charge on any atom is 0.311 e. The Morgan fingerprint density at radius 1 is 1.13 bits per heavy atom. The van der Waals surface area contributed by atoms with Gasteiger partial charge in [0.25, 0.3) is 0 Å². The number of nitrogens with zero attached hydrogens (tertiary/aromatic N) is 2. The zero-order chi connectivity index (χ0) is 21.8. The number of methoxy groups -OCH3 is 1. The quantitative estimate of drug-likeness (QED) is 0.492. The van der Waals surface area contributed by atoms with Gasteiger partial charge in [-0.1, -0.05) is 17.7 Å². The van der Waals surface area contributed by atoms with Crippen LogP contribution in [-0.4, -0.2) is 49.1 Å². The molecule has 2 aromatic rings. The number of Topliss-reactive ketones (excluding diaryl/α,β-unsaturated/α-hetero) is 1. The van der Waals surface area contributed by atoms with Crippen molar-refractivity contribution in [2.75, 3.05) is 31.8 Å². The molecule has 7 nitrogen and oxygen atoms in total. The number of hydrogen-bond acceptors (Lipinski definition) is 5. The van der Waals surface area contributed by atoms with Gasteiger partial charge in [0.15, 0.2) is 6.61 Å². The normalized spacial score (nSPS) is 16.2. The number of carbonyl (C=O) groups excluding carboxylic acids is 3. The summed E-state index contributed by atoms with van der Waals surface area (Å²) < 4.78 is 12.4. The molecule has 3 rings (SSSR count). The molecule has 0 spiro atoms. The number of aryl methyl sites for hydroxylation is 2. The van der Waals surface area contributed by atoms with Crippen LogP contribution in [0.25, 0.3) is 0 Å². The second-order valence-electron chi connectivity index (χ2n) is 7.70. The number of ether oxygens (including phenoxy) is 2. The van der Waals surface area contributed by atoms with E-state index in [4.69, 9.17) is 9.47 Å². The zero-order valence-corrected chi connectivity index (χ0v) is 17.9. The molecule has 0 unspecified atom stereocenters. The SMILES string of the molecule is COCCn1c(C)cc(C(=O)COC(=O)[C@H]2CC(=O)N(c3ccc(C)cc3)C2)c1C. The van der Waals surface area contributed by atoms with Crippen LogP contribution in [0.4, 0.5) is 5.69 Å². The van der Waals surface area contributed by atoms with Crippen LogP contribution < -0.4 is 4.90 Å². The Morgan fingerprint density at radius 3 is 2.50 bits per heavy atom. The molecule has 160 valence electrons. The molecule has 0 aliphatic carbocycles. The fourth-order valence-corrected chi connectivity index (χ4v) is 3.78. The van der Waals surface area contributed by atoms with Gasteiger partial charge in [-0.2, -0.15) is 0 Å². The van der Waals surface area contributed by atoms with Crippen molar-refractivity contribution in [2.45, 2.75) is 33.7 Å². The number of aromatic nitrogens is 1. The first-order valence-electron chi connectivity index (χ1n) is 10.0. The van der Waals surface area contributed by atoms with Gasteiger partial charge in [-0.25, -0.2) is 0 Å². The Balaban J connectivity index is 1.59. The lowest BCUT2D eigenvalue weighted by Gasteiger charge is -2.16. The van der Waals surface area contributed by atoms with E-state index in [1.807, 2.05) is 49.6 Å². The van der Waals surface area contributed by atoms with Gasteiger partial charge in [-0.15, -0.1) is 0 Å². The van der Waals surface area contributed by atoms with E-state index in [-0.39, 0.29) is 31.3 Å². The average Bonchev–Trinajstić information content (AvgIpc) is 3.24. The van der Waals surface area contributed by atoms with Crippen LogP contribution in [0.15, 0.2) is 30.3 Å². The van der Waals surface area contributed by atoms with Crippen LogP contribution in [0, 0.1) is 26.7 Å².